The van der Waals surface area contributed by atoms with Gasteiger partial charge in [0.15, 0.2) is 0 Å². The van der Waals surface area contributed by atoms with Crippen LogP contribution in [-0.2, 0) is 22.6 Å². The van der Waals surface area contributed by atoms with Crippen LogP contribution in [0.4, 0.5) is 0 Å². The summed E-state index contributed by atoms with van der Waals surface area (Å²) in [6, 6.07) is 17.8. The molecule has 0 saturated heterocycles. The fourth-order valence-corrected chi connectivity index (χ4v) is 3.68. The van der Waals surface area contributed by atoms with Gasteiger partial charge >= 0.3 is 5.97 Å². The van der Waals surface area contributed by atoms with E-state index in [1.54, 1.807) is 4.90 Å². The predicted octanol–water partition coefficient (Wildman–Crippen LogP) is 3.86. The Kier molecular flexibility index (Phi) is 5.71. The second-order valence-electron chi connectivity index (χ2n) is 7.09. The van der Waals surface area contributed by atoms with Gasteiger partial charge in [-0.05, 0) is 36.0 Å². The third kappa shape index (κ3) is 4.13. The van der Waals surface area contributed by atoms with E-state index < -0.39 is 11.9 Å². The quantitative estimate of drug-likeness (QED) is 0.860. The minimum absolute atomic E-state index is 0.0545. The lowest BCUT2D eigenvalue weighted by Gasteiger charge is -2.34. The maximum atomic E-state index is 12.9. The Hall–Kier alpha value is -2.62. The Bertz CT molecular complexity index is 772. The summed E-state index contributed by atoms with van der Waals surface area (Å²) in [5.41, 5.74) is 3.06. The Labute approximate surface area is 154 Å². The van der Waals surface area contributed by atoms with Crippen molar-refractivity contribution < 1.29 is 14.7 Å². The van der Waals surface area contributed by atoms with Crippen LogP contribution in [0.1, 0.15) is 42.4 Å². The molecule has 4 heteroatoms. The topological polar surface area (TPSA) is 57.6 Å². The molecular weight excluding hydrogens is 326 g/mol. The van der Waals surface area contributed by atoms with Crippen molar-refractivity contribution in [2.75, 3.05) is 6.54 Å². The van der Waals surface area contributed by atoms with Crippen molar-refractivity contribution in [3.05, 3.63) is 71.3 Å². The van der Waals surface area contributed by atoms with E-state index in [1.165, 1.54) is 5.56 Å². The lowest BCUT2D eigenvalue weighted by molar-refractivity contribution is -0.142. The molecule has 26 heavy (non-hydrogen) atoms. The van der Waals surface area contributed by atoms with E-state index in [-0.39, 0.29) is 18.4 Å². The third-order valence-corrected chi connectivity index (χ3v) is 5.17. The van der Waals surface area contributed by atoms with Gasteiger partial charge < -0.3 is 10.0 Å². The first-order valence-electron chi connectivity index (χ1n) is 9.19. The van der Waals surface area contributed by atoms with Gasteiger partial charge in [0.05, 0.1) is 5.92 Å². The van der Waals surface area contributed by atoms with Gasteiger partial charge in [0.1, 0.15) is 0 Å². The van der Waals surface area contributed by atoms with Gasteiger partial charge in [-0.25, -0.2) is 0 Å². The number of amides is 1. The number of aryl methyl sites for hydroxylation is 1. The maximum absolute atomic E-state index is 12.9. The molecule has 2 aromatic rings. The van der Waals surface area contributed by atoms with Gasteiger partial charge in [-0.15, -0.1) is 0 Å². The molecule has 2 unspecified atom stereocenters. The molecule has 0 fully saturated rings. The van der Waals surface area contributed by atoms with Gasteiger partial charge in [0.25, 0.3) is 0 Å². The van der Waals surface area contributed by atoms with Crippen LogP contribution in [0.5, 0.6) is 0 Å². The van der Waals surface area contributed by atoms with Crippen LogP contribution < -0.4 is 0 Å². The molecule has 0 saturated carbocycles. The zero-order valence-corrected chi connectivity index (χ0v) is 15.1. The second kappa shape index (κ2) is 8.17. The average molecular weight is 351 g/mol. The molecule has 1 aliphatic rings. The van der Waals surface area contributed by atoms with Crippen LogP contribution >= 0.6 is 0 Å². The lowest BCUT2D eigenvalue weighted by Crippen LogP contribution is -2.42. The molecule has 0 bridgehead atoms. The smallest absolute Gasteiger partial charge is 0.312 e. The number of benzene rings is 2. The van der Waals surface area contributed by atoms with Crippen molar-refractivity contribution in [1.29, 1.82) is 0 Å². The fourth-order valence-electron chi connectivity index (χ4n) is 3.68. The Morgan fingerprint density at radius 3 is 2.54 bits per heavy atom. The first-order chi connectivity index (χ1) is 12.6. The summed E-state index contributed by atoms with van der Waals surface area (Å²) in [5, 5.41) is 9.55. The van der Waals surface area contributed by atoms with Gasteiger partial charge in [-0.1, -0.05) is 61.5 Å². The molecule has 1 amide bonds. The number of hydrogen-bond acceptors (Lipinski definition) is 2. The van der Waals surface area contributed by atoms with E-state index in [2.05, 4.69) is 12.1 Å². The zero-order valence-electron chi connectivity index (χ0n) is 15.1. The van der Waals surface area contributed by atoms with Crippen molar-refractivity contribution in [3.63, 3.8) is 0 Å². The van der Waals surface area contributed by atoms with Crippen LogP contribution in [0, 0.1) is 5.92 Å². The van der Waals surface area contributed by atoms with E-state index in [0.717, 1.165) is 30.4 Å². The number of carbonyl (C=O) groups excluding carboxylic acids is 1. The molecule has 0 aromatic heterocycles. The fraction of sp³-hybridized carbons (Fsp3) is 0.364. The minimum Gasteiger partial charge on any atom is -0.481 e. The van der Waals surface area contributed by atoms with Crippen molar-refractivity contribution in [1.82, 2.24) is 4.90 Å². The van der Waals surface area contributed by atoms with E-state index in [9.17, 15) is 14.7 Å². The van der Waals surface area contributed by atoms with Crippen LogP contribution in [-0.4, -0.2) is 28.4 Å². The summed E-state index contributed by atoms with van der Waals surface area (Å²) in [6.45, 7) is 2.71. The normalized spacial score (nSPS) is 17.4. The Morgan fingerprint density at radius 1 is 1.12 bits per heavy atom. The number of carbonyl (C=O) groups is 2. The molecule has 4 nitrogen and oxygen atoms in total. The zero-order chi connectivity index (χ0) is 18.5. The van der Waals surface area contributed by atoms with Crippen LogP contribution in [0.2, 0.25) is 0 Å². The highest BCUT2D eigenvalue weighted by atomic mass is 16.4. The highest BCUT2D eigenvalue weighted by Crippen LogP contribution is 2.29. The molecule has 3 rings (SSSR count). The molecular formula is C22H25NO3. The van der Waals surface area contributed by atoms with Crippen molar-refractivity contribution >= 4 is 11.9 Å². The number of rotatable bonds is 6. The van der Waals surface area contributed by atoms with Crippen LogP contribution in [0.25, 0.3) is 0 Å². The van der Waals surface area contributed by atoms with E-state index in [1.807, 2.05) is 49.4 Å². The summed E-state index contributed by atoms with van der Waals surface area (Å²) in [6.07, 6.45) is 2.71. The minimum atomic E-state index is -0.869. The van der Waals surface area contributed by atoms with Crippen LogP contribution in [0.15, 0.2) is 54.6 Å². The van der Waals surface area contributed by atoms with Crippen molar-refractivity contribution in [3.8, 4) is 0 Å². The molecule has 0 radical (unpaired) electrons. The van der Waals surface area contributed by atoms with Gasteiger partial charge in [-0.2, -0.15) is 0 Å². The summed E-state index contributed by atoms with van der Waals surface area (Å²) in [5.74, 6) is -1.55. The number of nitrogens with zero attached hydrogens (tertiary/aromatic N) is 1. The number of carboxylic acids is 1. The highest BCUT2D eigenvalue weighted by Gasteiger charge is 2.33. The monoisotopic (exact) mass is 351 g/mol. The second-order valence-corrected chi connectivity index (χ2v) is 7.09. The van der Waals surface area contributed by atoms with Crippen molar-refractivity contribution in [2.45, 2.75) is 38.6 Å². The number of fused-ring (bicyclic) bond motifs is 1. The lowest BCUT2D eigenvalue weighted by atomic mass is 9.89. The highest BCUT2D eigenvalue weighted by molar-refractivity contribution is 5.82. The van der Waals surface area contributed by atoms with Crippen LogP contribution in [0.3, 0.4) is 0 Å². The molecule has 2 atom stereocenters. The SMILES string of the molecule is CC(CCCc1ccccc1)C(=O)N1Cc2ccccc2C(C(=O)O)C1. The number of aliphatic carboxylic acids is 1. The molecule has 0 spiro atoms. The van der Waals surface area contributed by atoms with Gasteiger partial charge in [-0.3, -0.25) is 9.59 Å². The molecule has 2 aromatic carbocycles. The third-order valence-electron chi connectivity index (χ3n) is 5.17. The van der Waals surface area contributed by atoms with Gasteiger partial charge in [0, 0.05) is 19.0 Å². The molecule has 136 valence electrons. The Balaban J connectivity index is 1.61. The van der Waals surface area contributed by atoms with E-state index in [4.69, 9.17) is 0 Å². The maximum Gasteiger partial charge on any atom is 0.312 e. The standard InChI is InChI=1S/C22H25NO3/c1-16(8-7-11-17-9-3-2-4-10-17)21(24)23-14-18-12-5-6-13-19(18)20(15-23)22(25)26/h2-6,9-10,12-13,16,20H,7-8,11,14-15H2,1H3,(H,25,26). The first kappa shape index (κ1) is 18.2. The summed E-state index contributed by atoms with van der Waals surface area (Å²) < 4.78 is 0. The molecule has 1 heterocycles. The van der Waals surface area contributed by atoms with Crippen molar-refractivity contribution in [2.24, 2.45) is 5.92 Å². The molecule has 1 aliphatic heterocycles. The number of hydrogen-bond donors (Lipinski definition) is 1. The molecule has 1 N–H and O–H groups in total. The largest absolute Gasteiger partial charge is 0.481 e. The molecule has 0 aliphatic carbocycles. The summed E-state index contributed by atoms with van der Waals surface area (Å²) >= 11 is 0. The Morgan fingerprint density at radius 2 is 1.81 bits per heavy atom. The predicted molar refractivity (Wildman–Crippen MR) is 101 cm³/mol. The average Bonchev–Trinajstić information content (AvgIpc) is 2.67. The van der Waals surface area contributed by atoms with E-state index >= 15 is 0 Å². The summed E-state index contributed by atoms with van der Waals surface area (Å²) in [4.78, 5) is 26.2. The van der Waals surface area contributed by atoms with Gasteiger partial charge in [0.2, 0.25) is 5.91 Å². The van der Waals surface area contributed by atoms with E-state index in [0.29, 0.717) is 6.54 Å². The first-order valence-corrected chi connectivity index (χ1v) is 9.19. The summed E-state index contributed by atoms with van der Waals surface area (Å²) in [7, 11) is 0. The number of carboxylic acid groups (broad SMARTS) is 1.